The molecule has 0 aliphatic rings. The molecule has 6 nitrogen and oxygen atoms in total. The van der Waals surface area contributed by atoms with Crippen molar-refractivity contribution in [1.29, 1.82) is 0 Å². The van der Waals surface area contributed by atoms with Crippen molar-refractivity contribution in [1.82, 2.24) is 0 Å². The van der Waals surface area contributed by atoms with Gasteiger partial charge in [0.05, 0.1) is 30.0 Å². The molecule has 0 saturated heterocycles. The third-order valence-electron chi connectivity index (χ3n) is 4.42. The quantitative estimate of drug-likeness (QED) is 0.478. The minimum Gasteiger partial charge on any atom is -0.493 e. The number of para-hydroxylation sites is 2. The van der Waals surface area contributed by atoms with Crippen molar-refractivity contribution in [2.45, 2.75) is 13.5 Å². The maximum atomic E-state index is 12.9. The van der Waals surface area contributed by atoms with E-state index >= 15 is 0 Å². The zero-order valence-electron chi connectivity index (χ0n) is 17.2. The molecule has 0 atom stereocenters. The number of carbonyl (C=O) groups is 2. The van der Waals surface area contributed by atoms with Crippen molar-refractivity contribution >= 4 is 29.2 Å². The van der Waals surface area contributed by atoms with Crippen molar-refractivity contribution in [3.63, 3.8) is 0 Å². The van der Waals surface area contributed by atoms with Gasteiger partial charge in [-0.05, 0) is 49.4 Å². The summed E-state index contributed by atoms with van der Waals surface area (Å²) in [7, 11) is 1.29. The molecule has 3 aromatic carbocycles. The first-order valence-corrected chi connectivity index (χ1v) is 10.0. The van der Waals surface area contributed by atoms with E-state index in [0.29, 0.717) is 39.9 Å². The normalized spacial score (nSPS) is 10.3. The highest BCUT2D eigenvalue weighted by Gasteiger charge is 2.16. The molecular formula is C24H22ClNO5. The summed E-state index contributed by atoms with van der Waals surface area (Å²) in [5.74, 6) is 0.240. The van der Waals surface area contributed by atoms with Gasteiger partial charge in [-0.15, -0.1) is 0 Å². The Labute approximate surface area is 185 Å². The number of benzene rings is 3. The molecule has 0 heterocycles. The third-order valence-corrected chi connectivity index (χ3v) is 4.74. The summed E-state index contributed by atoms with van der Waals surface area (Å²) in [6.45, 7) is 2.51. The number of esters is 1. The smallest absolute Gasteiger partial charge is 0.339 e. The van der Waals surface area contributed by atoms with Gasteiger partial charge in [-0.3, -0.25) is 4.79 Å². The molecule has 0 radical (unpaired) electrons. The van der Waals surface area contributed by atoms with Crippen LogP contribution < -0.4 is 14.8 Å². The van der Waals surface area contributed by atoms with Gasteiger partial charge in [-0.25, -0.2) is 4.79 Å². The Morgan fingerprint density at radius 1 is 0.935 bits per heavy atom. The Hall–Kier alpha value is -3.51. The first-order chi connectivity index (χ1) is 15.0. The maximum Gasteiger partial charge on any atom is 0.339 e. The molecule has 0 fully saturated rings. The molecule has 3 rings (SSSR count). The Balaban J connectivity index is 1.83. The molecule has 0 aliphatic carbocycles. The Morgan fingerprint density at radius 2 is 1.68 bits per heavy atom. The number of methoxy groups -OCH3 is 1. The van der Waals surface area contributed by atoms with Crippen molar-refractivity contribution in [3.8, 4) is 11.5 Å². The largest absolute Gasteiger partial charge is 0.493 e. The molecule has 0 aromatic heterocycles. The van der Waals surface area contributed by atoms with Crippen LogP contribution in [0.2, 0.25) is 5.02 Å². The topological polar surface area (TPSA) is 73.9 Å². The molecule has 3 aromatic rings. The summed E-state index contributed by atoms with van der Waals surface area (Å²) in [6, 6.07) is 18.9. The van der Waals surface area contributed by atoms with E-state index in [-0.39, 0.29) is 18.1 Å². The van der Waals surface area contributed by atoms with E-state index in [0.717, 1.165) is 0 Å². The van der Waals surface area contributed by atoms with Gasteiger partial charge in [-0.2, -0.15) is 0 Å². The molecule has 0 saturated carbocycles. The SMILES string of the molecule is CCOc1ccc(C(=O)Nc2ccccc2C(=O)OC)cc1COc1ccccc1Cl. The second kappa shape index (κ2) is 10.5. The number of carbonyl (C=O) groups excluding carboxylic acids is 2. The van der Waals surface area contributed by atoms with E-state index < -0.39 is 5.97 Å². The molecule has 7 heteroatoms. The molecule has 31 heavy (non-hydrogen) atoms. The van der Waals surface area contributed by atoms with Crippen LogP contribution in [-0.4, -0.2) is 25.6 Å². The van der Waals surface area contributed by atoms with Crippen LogP contribution in [0.3, 0.4) is 0 Å². The lowest BCUT2D eigenvalue weighted by Gasteiger charge is -2.14. The van der Waals surface area contributed by atoms with Gasteiger partial charge in [0.2, 0.25) is 0 Å². The summed E-state index contributed by atoms with van der Waals surface area (Å²) < 4.78 is 16.3. The van der Waals surface area contributed by atoms with Gasteiger partial charge < -0.3 is 19.5 Å². The van der Waals surface area contributed by atoms with Gasteiger partial charge in [0.1, 0.15) is 18.1 Å². The number of hydrogen-bond donors (Lipinski definition) is 1. The Kier molecular flexibility index (Phi) is 7.51. The van der Waals surface area contributed by atoms with Crippen molar-refractivity contribution in [2.75, 3.05) is 19.0 Å². The summed E-state index contributed by atoms with van der Waals surface area (Å²) >= 11 is 6.16. The fraction of sp³-hybridized carbons (Fsp3) is 0.167. The van der Waals surface area contributed by atoms with Crippen LogP contribution in [0, 0.1) is 0 Å². The molecule has 0 bridgehead atoms. The lowest BCUT2D eigenvalue weighted by atomic mass is 10.1. The highest BCUT2D eigenvalue weighted by molar-refractivity contribution is 6.32. The zero-order valence-corrected chi connectivity index (χ0v) is 17.9. The van der Waals surface area contributed by atoms with Crippen molar-refractivity contribution in [2.24, 2.45) is 0 Å². The van der Waals surface area contributed by atoms with Gasteiger partial charge in [0.15, 0.2) is 0 Å². The predicted molar refractivity (Wildman–Crippen MR) is 119 cm³/mol. The second-order valence-corrected chi connectivity index (χ2v) is 6.87. The average Bonchev–Trinajstić information content (AvgIpc) is 2.79. The second-order valence-electron chi connectivity index (χ2n) is 6.47. The number of amides is 1. The number of rotatable bonds is 8. The molecule has 1 amide bonds. The maximum absolute atomic E-state index is 12.9. The molecule has 160 valence electrons. The third kappa shape index (κ3) is 5.55. The monoisotopic (exact) mass is 439 g/mol. The van der Waals surface area contributed by atoms with E-state index in [1.54, 1.807) is 54.6 Å². The van der Waals surface area contributed by atoms with Crippen molar-refractivity contribution in [3.05, 3.63) is 88.4 Å². The summed E-state index contributed by atoms with van der Waals surface area (Å²) in [5, 5.41) is 3.26. The molecular weight excluding hydrogens is 418 g/mol. The standard InChI is InChI=1S/C24H22ClNO5/c1-3-30-21-13-12-16(14-17(21)15-31-22-11-7-5-9-19(22)25)23(27)26-20-10-6-4-8-18(20)24(28)29-2/h4-14H,3,15H2,1-2H3,(H,26,27). The number of hydrogen-bond acceptors (Lipinski definition) is 5. The summed E-state index contributed by atoms with van der Waals surface area (Å²) in [6.07, 6.45) is 0. The lowest BCUT2D eigenvalue weighted by molar-refractivity contribution is 0.0602. The molecule has 0 aliphatic heterocycles. The first kappa shape index (κ1) is 22.2. The highest BCUT2D eigenvalue weighted by atomic mass is 35.5. The van der Waals surface area contributed by atoms with Crippen LogP contribution in [0.4, 0.5) is 5.69 Å². The van der Waals surface area contributed by atoms with E-state index in [1.165, 1.54) is 7.11 Å². The predicted octanol–water partition coefficient (Wildman–Crippen LogP) is 5.36. The van der Waals surface area contributed by atoms with E-state index in [2.05, 4.69) is 5.32 Å². The Bertz CT molecular complexity index is 1080. The van der Waals surface area contributed by atoms with E-state index in [4.69, 9.17) is 25.8 Å². The van der Waals surface area contributed by atoms with Crippen LogP contribution >= 0.6 is 11.6 Å². The van der Waals surface area contributed by atoms with Gasteiger partial charge >= 0.3 is 5.97 Å². The number of nitrogens with one attached hydrogen (secondary N) is 1. The summed E-state index contributed by atoms with van der Waals surface area (Å²) in [4.78, 5) is 24.8. The first-order valence-electron chi connectivity index (χ1n) is 9.65. The molecule has 1 N–H and O–H groups in total. The number of ether oxygens (including phenoxy) is 3. The highest BCUT2D eigenvalue weighted by Crippen LogP contribution is 2.27. The zero-order chi connectivity index (χ0) is 22.2. The minimum atomic E-state index is -0.531. The van der Waals surface area contributed by atoms with Crippen LogP contribution in [0.25, 0.3) is 0 Å². The van der Waals surface area contributed by atoms with E-state index in [1.807, 2.05) is 19.1 Å². The number of anilines is 1. The fourth-order valence-electron chi connectivity index (χ4n) is 2.92. The van der Waals surface area contributed by atoms with Gasteiger partial charge in [0.25, 0.3) is 5.91 Å². The minimum absolute atomic E-state index is 0.166. The molecule has 0 spiro atoms. The van der Waals surface area contributed by atoms with Gasteiger partial charge in [0, 0.05) is 11.1 Å². The lowest BCUT2D eigenvalue weighted by Crippen LogP contribution is -2.16. The fourth-order valence-corrected chi connectivity index (χ4v) is 3.11. The van der Waals surface area contributed by atoms with Crippen LogP contribution in [0.1, 0.15) is 33.2 Å². The van der Waals surface area contributed by atoms with Gasteiger partial charge in [-0.1, -0.05) is 35.9 Å². The number of halogens is 1. The van der Waals surface area contributed by atoms with Crippen LogP contribution in [-0.2, 0) is 11.3 Å². The van der Waals surface area contributed by atoms with Crippen molar-refractivity contribution < 1.29 is 23.8 Å². The summed E-state index contributed by atoms with van der Waals surface area (Å²) in [5.41, 5.74) is 1.71. The van der Waals surface area contributed by atoms with Crippen LogP contribution in [0.15, 0.2) is 66.7 Å². The molecule has 0 unspecified atom stereocenters. The Morgan fingerprint density at radius 3 is 2.42 bits per heavy atom. The van der Waals surface area contributed by atoms with Crippen LogP contribution in [0.5, 0.6) is 11.5 Å². The average molecular weight is 440 g/mol. The van der Waals surface area contributed by atoms with E-state index in [9.17, 15) is 9.59 Å².